The van der Waals surface area contributed by atoms with Crippen molar-refractivity contribution in [3.8, 4) is 0 Å². The zero-order valence-electron chi connectivity index (χ0n) is 19.8. The van der Waals surface area contributed by atoms with Crippen LogP contribution in [0.4, 0.5) is 10.2 Å². The number of anilines is 1. The Kier molecular flexibility index (Phi) is 8.39. The Hall–Kier alpha value is -2.51. The Balaban J connectivity index is 1.81. The molecule has 1 atom stereocenters. The molecule has 0 fully saturated rings. The fourth-order valence-corrected chi connectivity index (χ4v) is 4.97. The lowest BCUT2D eigenvalue weighted by molar-refractivity contribution is 0.0764. The van der Waals surface area contributed by atoms with Crippen LogP contribution in [0.25, 0.3) is 11.2 Å². The van der Waals surface area contributed by atoms with Gasteiger partial charge in [0.2, 0.25) is 6.79 Å². The van der Waals surface area contributed by atoms with Crippen molar-refractivity contribution >= 4 is 39.6 Å². The molecular formula is C24H30FIN6O3. The van der Waals surface area contributed by atoms with Crippen LogP contribution in [0.3, 0.4) is 0 Å². The number of halogens is 2. The second kappa shape index (κ2) is 11.5. The molecule has 188 valence electrons. The molecule has 1 unspecified atom stereocenters. The normalized spacial score (nSPS) is 14.4. The number of aliphatic hydroxyl groups is 1. The summed E-state index contributed by atoms with van der Waals surface area (Å²) in [5.41, 5.74) is 7.76. The van der Waals surface area contributed by atoms with Gasteiger partial charge in [-0.05, 0) is 67.5 Å². The van der Waals surface area contributed by atoms with E-state index in [-0.39, 0.29) is 19.2 Å². The number of benzene rings is 1. The van der Waals surface area contributed by atoms with E-state index >= 15 is 0 Å². The number of rotatable bonds is 11. The molecule has 11 heteroatoms. The van der Waals surface area contributed by atoms with Gasteiger partial charge in [0.1, 0.15) is 23.8 Å². The number of aromatic nitrogens is 4. The molecule has 35 heavy (non-hydrogen) atoms. The van der Waals surface area contributed by atoms with Crippen molar-refractivity contribution in [3.05, 3.63) is 57.3 Å². The third kappa shape index (κ3) is 5.67. The van der Waals surface area contributed by atoms with Gasteiger partial charge in [0.05, 0.1) is 0 Å². The summed E-state index contributed by atoms with van der Waals surface area (Å²) in [5, 5.41) is 9.18. The first-order valence-electron chi connectivity index (χ1n) is 11.6. The van der Waals surface area contributed by atoms with E-state index in [0.29, 0.717) is 41.9 Å². The number of fused-ring (bicyclic) bond motifs is 1. The van der Waals surface area contributed by atoms with Crippen molar-refractivity contribution in [3.63, 3.8) is 0 Å². The van der Waals surface area contributed by atoms with E-state index in [0.717, 1.165) is 28.5 Å². The Morgan fingerprint density at radius 2 is 2.00 bits per heavy atom. The van der Waals surface area contributed by atoms with Crippen LogP contribution in [0.15, 0.2) is 36.3 Å². The summed E-state index contributed by atoms with van der Waals surface area (Å²) in [7, 11) is 0. The van der Waals surface area contributed by atoms with Gasteiger partial charge in [-0.3, -0.25) is 4.90 Å². The van der Waals surface area contributed by atoms with Gasteiger partial charge in [-0.2, -0.15) is 14.4 Å². The Labute approximate surface area is 217 Å². The molecular weight excluding hydrogens is 566 g/mol. The first kappa shape index (κ1) is 25.6. The molecule has 1 aromatic carbocycles. The number of aliphatic hydroxyl groups excluding tert-OH is 1. The Morgan fingerprint density at radius 1 is 1.20 bits per heavy atom. The van der Waals surface area contributed by atoms with E-state index in [2.05, 4.69) is 51.3 Å². The maximum atomic E-state index is 14.3. The van der Waals surface area contributed by atoms with Gasteiger partial charge >= 0.3 is 6.08 Å². The van der Waals surface area contributed by atoms with Gasteiger partial charge in [0.15, 0.2) is 17.0 Å². The standard InChI is InChI=1S/C24H30FIN6O3/c1-15(2)31(9-5-6-12-33)10-11-32-22(28-20-21(27)29-24(25)30-23(20)32)19(18-13-34-14-35-18)16-7-3-4-8-17(16)26/h3-4,7-8,13,15,19,33H,5-6,9-12,14H2,1-2H3,(H2,27,29,30). The minimum atomic E-state index is -0.892. The maximum Gasteiger partial charge on any atom is 0.312 e. The largest absolute Gasteiger partial charge is 0.462 e. The highest BCUT2D eigenvalue weighted by atomic mass is 127. The maximum absolute atomic E-state index is 14.3. The highest BCUT2D eigenvalue weighted by Crippen LogP contribution is 2.38. The van der Waals surface area contributed by atoms with Crippen molar-refractivity contribution in [2.45, 2.75) is 45.2 Å². The van der Waals surface area contributed by atoms with Crippen molar-refractivity contribution in [2.75, 3.05) is 32.2 Å². The molecule has 0 aliphatic carbocycles. The first-order valence-corrected chi connectivity index (χ1v) is 12.7. The third-order valence-electron chi connectivity index (χ3n) is 6.07. The summed E-state index contributed by atoms with van der Waals surface area (Å²) in [6.45, 7) is 6.60. The molecule has 2 aromatic heterocycles. The van der Waals surface area contributed by atoms with Crippen molar-refractivity contribution in [1.29, 1.82) is 0 Å². The highest BCUT2D eigenvalue weighted by Gasteiger charge is 2.32. The van der Waals surface area contributed by atoms with Crippen LogP contribution < -0.4 is 5.73 Å². The molecule has 3 heterocycles. The second-order valence-electron chi connectivity index (χ2n) is 8.64. The van der Waals surface area contributed by atoms with Crippen LogP contribution >= 0.6 is 22.6 Å². The second-order valence-corrected chi connectivity index (χ2v) is 9.80. The molecule has 0 bridgehead atoms. The lowest BCUT2D eigenvalue weighted by Gasteiger charge is -2.27. The predicted octanol–water partition coefficient (Wildman–Crippen LogP) is 3.61. The van der Waals surface area contributed by atoms with Gasteiger partial charge in [-0.15, -0.1) is 0 Å². The number of unbranched alkanes of at least 4 members (excludes halogenated alkanes) is 1. The van der Waals surface area contributed by atoms with Crippen molar-refractivity contribution in [1.82, 2.24) is 24.4 Å². The number of allylic oxidation sites excluding steroid dienone is 1. The monoisotopic (exact) mass is 596 g/mol. The molecule has 0 radical (unpaired) electrons. The quantitative estimate of drug-likeness (QED) is 0.196. The number of nitrogens with two attached hydrogens (primary N) is 1. The summed E-state index contributed by atoms with van der Waals surface area (Å²) >= 11 is 2.29. The van der Waals surface area contributed by atoms with Gasteiger partial charge in [0.25, 0.3) is 0 Å². The van der Waals surface area contributed by atoms with Gasteiger partial charge in [-0.25, -0.2) is 4.98 Å². The van der Waals surface area contributed by atoms with Gasteiger partial charge < -0.3 is 24.9 Å². The molecule has 0 saturated carbocycles. The first-order chi connectivity index (χ1) is 16.9. The van der Waals surface area contributed by atoms with Crippen LogP contribution in [0.2, 0.25) is 0 Å². The molecule has 3 aromatic rings. The topological polar surface area (TPSA) is 112 Å². The van der Waals surface area contributed by atoms with E-state index in [1.54, 1.807) is 6.26 Å². The van der Waals surface area contributed by atoms with E-state index in [4.69, 9.17) is 20.2 Å². The summed E-state index contributed by atoms with van der Waals surface area (Å²) < 4.78 is 28.4. The fraction of sp³-hybridized carbons (Fsp3) is 0.458. The van der Waals surface area contributed by atoms with Crippen LogP contribution in [0.5, 0.6) is 0 Å². The number of ether oxygens (including phenoxy) is 2. The minimum Gasteiger partial charge on any atom is -0.462 e. The Bertz CT molecular complexity index is 1200. The lowest BCUT2D eigenvalue weighted by atomic mass is 9.96. The summed E-state index contributed by atoms with van der Waals surface area (Å²) in [6.07, 6.45) is 2.34. The number of hydrogen-bond donors (Lipinski definition) is 2. The number of imidazole rings is 1. The van der Waals surface area contributed by atoms with Crippen LogP contribution in [0, 0.1) is 9.65 Å². The van der Waals surface area contributed by atoms with Gasteiger partial charge in [0, 0.05) is 29.3 Å². The third-order valence-corrected chi connectivity index (χ3v) is 7.05. The molecule has 0 amide bonds. The van der Waals surface area contributed by atoms with E-state index < -0.39 is 12.0 Å². The van der Waals surface area contributed by atoms with Crippen molar-refractivity contribution < 1.29 is 19.0 Å². The molecule has 0 spiro atoms. The van der Waals surface area contributed by atoms with E-state index in [1.165, 1.54) is 0 Å². The average molecular weight is 596 g/mol. The average Bonchev–Trinajstić information content (AvgIpc) is 3.47. The summed E-state index contributed by atoms with van der Waals surface area (Å²) in [6, 6.07) is 8.26. The highest BCUT2D eigenvalue weighted by molar-refractivity contribution is 14.1. The zero-order chi connectivity index (χ0) is 24.9. The summed E-state index contributed by atoms with van der Waals surface area (Å²) in [4.78, 5) is 14.9. The molecule has 3 N–H and O–H groups in total. The smallest absolute Gasteiger partial charge is 0.312 e. The fourth-order valence-electron chi connectivity index (χ4n) is 4.27. The van der Waals surface area contributed by atoms with E-state index in [1.807, 2.05) is 28.8 Å². The number of hydrogen-bond acceptors (Lipinski definition) is 8. The molecule has 4 rings (SSSR count). The van der Waals surface area contributed by atoms with Crippen LogP contribution in [0.1, 0.15) is 44.0 Å². The SMILES string of the molecule is CC(C)N(CCCCO)CCn1c(C(C2=COCO2)c2ccccc2I)nc2c(N)nc(F)nc21. The Morgan fingerprint density at radius 3 is 2.69 bits per heavy atom. The predicted molar refractivity (Wildman–Crippen MR) is 139 cm³/mol. The van der Waals surface area contributed by atoms with E-state index in [9.17, 15) is 9.50 Å². The number of nitrogen functional groups attached to an aromatic ring is 1. The molecule has 0 saturated heterocycles. The molecule has 1 aliphatic rings. The minimum absolute atomic E-state index is 0.00441. The van der Waals surface area contributed by atoms with Crippen molar-refractivity contribution in [2.24, 2.45) is 0 Å². The zero-order valence-corrected chi connectivity index (χ0v) is 22.0. The lowest BCUT2D eigenvalue weighted by Crippen LogP contribution is -2.35. The molecule has 9 nitrogen and oxygen atoms in total. The summed E-state index contributed by atoms with van der Waals surface area (Å²) in [5.74, 6) is 0.840. The van der Waals surface area contributed by atoms with Crippen LogP contribution in [-0.4, -0.2) is 62.1 Å². The van der Waals surface area contributed by atoms with Crippen LogP contribution in [-0.2, 0) is 16.0 Å². The molecule has 1 aliphatic heterocycles. The van der Waals surface area contributed by atoms with Gasteiger partial charge in [-0.1, -0.05) is 18.2 Å². The number of nitrogens with zero attached hydrogens (tertiary/aromatic N) is 5.